The molecule has 3 heteroatoms. The van der Waals surface area contributed by atoms with Gasteiger partial charge in [-0.25, -0.2) is 0 Å². The first-order valence-corrected chi connectivity index (χ1v) is 25.8. The molecule has 0 heterocycles. The van der Waals surface area contributed by atoms with E-state index in [-0.39, 0.29) is 0 Å². The average molecular weight is 822 g/mol. The number of nitrogens with one attached hydrogen (secondary N) is 3. The summed E-state index contributed by atoms with van der Waals surface area (Å²) in [6, 6.07) is 26.1. The second-order valence-electron chi connectivity index (χ2n) is 19.7. The summed E-state index contributed by atoms with van der Waals surface area (Å²) in [5, 5.41) is 10.8. The lowest BCUT2D eigenvalue weighted by Crippen LogP contribution is -2.26. The predicted octanol–water partition coefficient (Wildman–Crippen LogP) is 15.9. The quantitative estimate of drug-likeness (QED) is 0.0504. The molecule has 0 radical (unpaired) electrons. The van der Waals surface area contributed by atoms with Gasteiger partial charge in [-0.05, 0) is 134 Å². The summed E-state index contributed by atoms with van der Waals surface area (Å²) in [7, 11) is 0. The van der Waals surface area contributed by atoms with E-state index in [4.69, 9.17) is 0 Å². The van der Waals surface area contributed by atoms with Gasteiger partial charge in [0.15, 0.2) is 0 Å². The summed E-state index contributed by atoms with van der Waals surface area (Å²) in [6.07, 6.45) is 32.6. The Kier molecular flexibility index (Phi) is 29.5. The molecule has 3 rings (SSSR count). The molecular weight excluding hydrogens is 727 g/mol. The van der Waals surface area contributed by atoms with Gasteiger partial charge in [0, 0.05) is 6.54 Å². The van der Waals surface area contributed by atoms with E-state index in [1.54, 1.807) is 0 Å². The third kappa shape index (κ3) is 25.5. The molecule has 60 heavy (non-hydrogen) atoms. The fourth-order valence-corrected chi connectivity index (χ4v) is 8.67. The van der Waals surface area contributed by atoms with Gasteiger partial charge < -0.3 is 16.0 Å². The number of hydrogen-bond acceptors (Lipinski definition) is 3. The minimum atomic E-state index is 0.725. The molecule has 0 aliphatic carbocycles. The molecule has 338 valence electrons. The van der Waals surface area contributed by atoms with Gasteiger partial charge in [0.25, 0.3) is 0 Å². The summed E-state index contributed by atoms with van der Waals surface area (Å²) in [5.41, 5.74) is 9.92. The minimum Gasteiger partial charge on any atom is -0.317 e. The van der Waals surface area contributed by atoms with Gasteiger partial charge >= 0.3 is 0 Å². The molecule has 0 aromatic heterocycles. The van der Waals surface area contributed by atoms with Crippen LogP contribution in [0.2, 0.25) is 0 Å². The second kappa shape index (κ2) is 34.1. The third-order valence-corrected chi connectivity index (χ3v) is 12.4. The molecule has 3 aromatic carbocycles. The SMILES string of the molecule is CC(C)CCCCCCCCCCCc1cccc(-c2ccc(-c3cccc(CNCCCNCCCNCC(C)C)c3)cc2CCCCCCCCCCCC(C)C)c1. The van der Waals surface area contributed by atoms with E-state index in [0.717, 1.165) is 69.9 Å². The molecule has 3 aromatic rings. The normalized spacial score (nSPS) is 11.8. The molecule has 0 amide bonds. The van der Waals surface area contributed by atoms with Crippen LogP contribution in [-0.2, 0) is 19.4 Å². The zero-order valence-corrected chi connectivity index (χ0v) is 40.3. The van der Waals surface area contributed by atoms with Crippen molar-refractivity contribution >= 4 is 0 Å². The van der Waals surface area contributed by atoms with E-state index in [0.29, 0.717) is 0 Å². The largest absolute Gasteiger partial charge is 0.317 e. The average Bonchev–Trinajstić information content (AvgIpc) is 3.23. The summed E-state index contributed by atoms with van der Waals surface area (Å²) in [4.78, 5) is 0. The predicted molar refractivity (Wildman–Crippen MR) is 268 cm³/mol. The lowest BCUT2D eigenvalue weighted by atomic mass is 9.90. The highest BCUT2D eigenvalue weighted by Crippen LogP contribution is 2.32. The van der Waals surface area contributed by atoms with E-state index in [9.17, 15) is 0 Å². The van der Waals surface area contributed by atoms with Crippen LogP contribution in [0.5, 0.6) is 0 Å². The molecule has 0 spiro atoms. The van der Waals surface area contributed by atoms with Crippen molar-refractivity contribution in [2.24, 2.45) is 17.8 Å². The summed E-state index contributed by atoms with van der Waals surface area (Å²) >= 11 is 0. The van der Waals surface area contributed by atoms with E-state index < -0.39 is 0 Å². The lowest BCUT2D eigenvalue weighted by molar-refractivity contribution is 0.506. The van der Waals surface area contributed by atoms with Gasteiger partial charge in [-0.3, -0.25) is 0 Å². The molecule has 0 fully saturated rings. The zero-order chi connectivity index (χ0) is 42.9. The third-order valence-electron chi connectivity index (χ3n) is 12.4. The highest BCUT2D eigenvalue weighted by atomic mass is 14.9. The number of unbranched alkanes of at least 4 members (excludes halogenated alkanes) is 16. The zero-order valence-electron chi connectivity index (χ0n) is 40.3. The Bertz CT molecular complexity index is 1460. The Balaban J connectivity index is 1.52. The monoisotopic (exact) mass is 822 g/mol. The van der Waals surface area contributed by atoms with Crippen LogP contribution in [0.25, 0.3) is 22.3 Å². The molecule has 3 nitrogen and oxygen atoms in total. The van der Waals surface area contributed by atoms with Crippen molar-refractivity contribution in [3.8, 4) is 22.3 Å². The number of benzene rings is 3. The fourth-order valence-electron chi connectivity index (χ4n) is 8.67. The summed E-state index contributed by atoms with van der Waals surface area (Å²) in [6.45, 7) is 20.3. The smallest absolute Gasteiger partial charge is 0.0205 e. The Morgan fingerprint density at radius 2 is 0.833 bits per heavy atom. The minimum absolute atomic E-state index is 0.725. The van der Waals surface area contributed by atoms with Crippen molar-refractivity contribution < 1.29 is 0 Å². The summed E-state index contributed by atoms with van der Waals surface area (Å²) < 4.78 is 0. The second-order valence-corrected chi connectivity index (χ2v) is 19.7. The summed E-state index contributed by atoms with van der Waals surface area (Å²) in [5.74, 6) is 2.44. The molecule has 0 aliphatic heterocycles. The van der Waals surface area contributed by atoms with Crippen LogP contribution in [0.3, 0.4) is 0 Å². The van der Waals surface area contributed by atoms with Crippen molar-refractivity contribution in [3.63, 3.8) is 0 Å². The molecular formula is C57H95N3. The maximum atomic E-state index is 3.70. The molecule has 0 unspecified atom stereocenters. The molecule has 0 saturated carbocycles. The van der Waals surface area contributed by atoms with Gasteiger partial charge in [0.05, 0.1) is 0 Å². The number of rotatable bonds is 38. The maximum Gasteiger partial charge on any atom is 0.0205 e. The van der Waals surface area contributed by atoms with Crippen LogP contribution in [0.1, 0.15) is 199 Å². The standard InChI is InChI=1S/C57H95N3/c1-48(2)29-21-17-13-9-7-11-15-19-23-31-51-32-25-36-55(43-51)57-38-37-54(45-56(57)34-24-20-16-12-8-10-14-18-22-30-49(3)4)53-35-26-33-52(44-53)47-60-42-28-40-58-39-27-41-59-46-50(5)6/h25-26,32-33,35-38,43-45,48-50,58-60H,7-24,27-31,34,39-42,46-47H2,1-6H3. The van der Waals surface area contributed by atoms with Gasteiger partial charge in [-0.1, -0.05) is 218 Å². The molecule has 3 N–H and O–H groups in total. The number of hydrogen-bond donors (Lipinski definition) is 3. The van der Waals surface area contributed by atoms with E-state index >= 15 is 0 Å². The van der Waals surface area contributed by atoms with Crippen LogP contribution < -0.4 is 16.0 Å². The first kappa shape index (κ1) is 51.9. The molecule has 0 aliphatic rings. The van der Waals surface area contributed by atoms with E-state index in [2.05, 4.69) is 124 Å². The Hall–Kier alpha value is -2.46. The van der Waals surface area contributed by atoms with Crippen molar-refractivity contribution in [1.82, 2.24) is 16.0 Å². The van der Waals surface area contributed by atoms with Crippen molar-refractivity contribution in [2.45, 2.75) is 202 Å². The topological polar surface area (TPSA) is 36.1 Å². The van der Waals surface area contributed by atoms with Gasteiger partial charge in [-0.2, -0.15) is 0 Å². The van der Waals surface area contributed by atoms with Crippen LogP contribution in [-0.4, -0.2) is 32.7 Å². The maximum absolute atomic E-state index is 3.70. The van der Waals surface area contributed by atoms with Crippen LogP contribution in [0.4, 0.5) is 0 Å². The van der Waals surface area contributed by atoms with E-state index in [1.807, 2.05) is 0 Å². The van der Waals surface area contributed by atoms with Crippen LogP contribution in [0, 0.1) is 17.8 Å². The van der Waals surface area contributed by atoms with Crippen molar-refractivity contribution in [2.75, 3.05) is 32.7 Å². The van der Waals surface area contributed by atoms with Crippen molar-refractivity contribution in [3.05, 3.63) is 83.4 Å². The van der Waals surface area contributed by atoms with E-state index in [1.165, 1.54) is 180 Å². The highest BCUT2D eigenvalue weighted by molar-refractivity contribution is 5.74. The van der Waals surface area contributed by atoms with Gasteiger partial charge in [0.2, 0.25) is 0 Å². The Morgan fingerprint density at radius 1 is 0.367 bits per heavy atom. The first-order valence-electron chi connectivity index (χ1n) is 25.8. The fraction of sp³-hybridized carbons (Fsp3) is 0.684. The Labute approximate surface area is 372 Å². The molecule has 0 saturated heterocycles. The van der Waals surface area contributed by atoms with Crippen LogP contribution in [0.15, 0.2) is 66.7 Å². The molecule has 0 atom stereocenters. The first-order chi connectivity index (χ1) is 29.3. The number of aryl methyl sites for hydroxylation is 2. The Morgan fingerprint density at radius 3 is 1.42 bits per heavy atom. The lowest BCUT2D eigenvalue weighted by Gasteiger charge is -2.15. The van der Waals surface area contributed by atoms with Gasteiger partial charge in [0.1, 0.15) is 0 Å². The van der Waals surface area contributed by atoms with Crippen LogP contribution >= 0.6 is 0 Å². The van der Waals surface area contributed by atoms with Gasteiger partial charge in [-0.15, -0.1) is 0 Å². The molecule has 0 bridgehead atoms. The van der Waals surface area contributed by atoms with Crippen molar-refractivity contribution in [1.29, 1.82) is 0 Å². The highest BCUT2D eigenvalue weighted by Gasteiger charge is 2.10.